The Morgan fingerprint density at radius 3 is 2.20 bits per heavy atom. The number of carbonyl (C=O) groups excluding carboxylic acids is 3. The van der Waals surface area contributed by atoms with Gasteiger partial charge in [0.2, 0.25) is 5.91 Å². The predicted molar refractivity (Wildman–Crippen MR) is 216 cm³/mol. The molecule has 0 aromatic heterocycles. The summed E-state index contributed by atoms with van der Waals surface area (Å²) in [6.45, 7) is 21.6. The van der Waals surface area contributed by atoms with E-state index in [0.29, 0.717) is 6.42 Å². The van der Waals surface area contributed by atoms with E-state index in [4.69, 9.17) is 42.6 Å². The number of rotatable bonds is 8. The molecule has 16 heteroatoms. The third-order valence-electron chi connectivity index (χ3n) is 13.1. The Hall–Kier alpha value is -1.99. The highest BCUT2D eigenvalue weighted by molar-refractivity contribution is 5.79. The molecule has 2 bridgehead atoms. The number of nitrogens with zero attached hydrogens (tertiary/aromatic N) is 1. The molecule has 1 amide bonds. The number of amides is 1. The van der Waals surface area contributed by atoms with Gasteiger partial charge in [0.05, 0.1) is 55.1 Å². The molecule has 59 heavy (non-hydrogen) atoms. The van der Waals surface area contributed by atoms with E-state index in [-0.39, 0.29) is 56.4 Å². The molecule has 0 aliphatic carbocycles. The van der Waals surface area contributed by atoms with Crippen LogP contribution in [0.1, 0.15) is 109 Å². The van der Waals surface area contributed by atoms with Gasteiger partial charge in [0.15, 0.2) is 18.7 Å². The first kappa shape index (κ1) is 49.7. The Kier molecular flexibility index (Phi) is 16.9. The predicted octanol–water partition coefficient (Wildman–Crippen LogP) is 3.35. The lowest BCUT2D eigenvalue weighted by Gasteiger charge is -2.50. The summed E-state index contributed by atoms with van der Waals surface area (Å²) in [5.41, 5.74) is -4.02. The van der Waals surface area contributed by atoms with Gasteiger partial charge in [-0.15, -0.1) is 0 Å². The molecule has 0 radical (unpaired) electrons. The van der Waals surface area contributed by atoms with Gasteiger partial charge in [0, 0.05) is 44.4 Å². The monoisotopic (exact) mass is 845 g/mol. The van der Waals surface area contributed by atoms with E-state index < -0.39 is 108 Å². The average Bonchev–Trinajstić information content (AvgIpc) is 3.14. The number of likely N-dealkylation sites (N-methyl/N-ethyl adjacent to an activating group) is 1. The minimum Gasteiger partial charge on any atom is -0.459 e. The molecule has 0 saturated carbocycles. The second-order valence-electron chi connectivity index (χ2n) is 18.8. The van der Waals surface area contributed by atoms with E-state index in [2.05, 4.69) is 5.32 Å². The van der Waals surface area contributed by atoms with Crippen molar-refractivity contribution in [3.8, 4) is 0 Å². The molecule has 19 atom stereocenters. The summed E-state index contributed by atoms with van der Waals surface area (Å²) < 4.78 is 58.0. The molecule has 5 aliphatic rings. The zero-order chi connectivity index (χ0) is 44.4. The molecule has 1 unspecified atom stereocenters. The molecule has 3 N–H and O–H groups in total. The number of ether oxygens (including phenoxy) is 9. The highest BCUT2D eigenvalue weighted by Gasteiger charge is 2.55. The number of nitrogens with one attached hydrogen (secondary N) is 1. The number of aliphatic hydroxyl groups excluding tert-OH is 1. The van der Waals surface area contributed by atoms with Crippen molar-refractivity contribution in [2.45, 2.75) is 199 Å². The first-order valence-electron chi connectivity index (χ1n) is 21.6. The molecule has 0 aromatic carbocycles. The van der Waals surface area contributed by atoms with Crippen molar-refractivity contribution in [1.29, 1.82) is 0 Å². The van der Waals surface area contributed by atoms with Gasteiger partial charge in [0.25, 0.3) is 0 Å². The van der Waals surface area contributed by atoms with Crippen molar-refractivity contribution in [3.05, 3.63) is 0 Å². The molecule has 5 aliphatic heterocycles. The topological polar surface area (TPSA) is 190 Å². The second kappa shape index (κ2) is 20.0. The lowest BCUT2D eigenvalue weighted by molar-refractivity contribution is -0.321. The van der Waals surface area contributed by atoms with Crippen LogP contribution in [0.3, 0.4) is 0 Å². The van der Waals surface area contributed by atoms with E-state index in [0.717, 1.165) is 0 Å². The largest absolute Gasteiger partial charge is 0.459 e. The Morgan fingerprint density at radius 2 is 1.61 bits per heavy atom. The number of hydrogen-bond acceptors (Lipinski definition) is 15. The van der Waals surface area contributed by atoms with Crippen LogP contribution in [0.5, 0.6) is 0 Å². The molecule has 342 valence electrons. The van der Waals surface area contributed by atoms with Crippen molar-refractivity contribution >= 4 is 17.8 Å². The molecule has 5 saturated heterocycles. The molecule has 16 nitrogen and oxygen atoms in total. The quantitative estimate of drug-likeness (QED) is 0.302. The van der Waals surface area contributed by atoms with Crippen molar-refractivity contribution < 1.29 is 67.2 Å². The fourth-order valence-electron chi connectivity index (χ4n) is 9.73. The normalized spacial score (nSPS) is 47.2. The minimum absolute atomic E-state index is 0.131. The Balaban J connectivity index is 1.93. The van der Waals surface area contributed by atoms with E-state index in [9.17, 15) is 24.6 Å². The molecular weight excluding hydrogens is 768 g/mol. The number of carbonyl (C=O) groups is 3. The van der Waals surface area contributed by atoms with Crippen LogP contribution >= 0.6 is 0 Å². The van der Waals surface area contributed by atoms with E-state index in [1.165, 1.54) is 14.0 Å². The van der Waals surface area contributed by atoms with Gasteiger partial charge >= 0.3 is 11.9 Å². The maximum atomic E-state index is 14.6. The summed E-state index contributed by atoms with van der Waals surface area (Å²) in [4.78, 5) is 42.7. The zero-order valence-electron chi connectivity index (χ0n) is 38.2. The Bertz CT molecular complexity index is 1420. The second-order valence-corrected chi connectivity index (χ2v) is 18.8. The van der Waals surface area contributed by atoms with Crippen LogP contribution in [0.25, 0.3) is 0 Å². The fraction of sp³-hybridized carbons (Fsp3) is 0.930. The van der Waals surface area contributed by atoms with Crippen molar-refractivity contribution in [2.24, 2.45) is 23.7 Å². The van der Waals surface area contributed by atoms with Gasteiger partial charge < -0.3 is 63.1 Å². The SMILES string of the molecule is CC[C@H]1OC(=O)[C@H](C)[C@@H](O[C@H]2C[C@@](C)(OC)[C@H](OC(C)=O)[C@H](C)O2)[C@H](C)[C@@H](O[C@@H]2O[C@H](C)C[C@H](N(C)C)[C@H]2O)[C@@]2(C)C[C@@H](C)NC(=O)[C@H](C)[C@H](OCC(C)CO2)[C@]1(C)O. The van der Waals surface area contributed by atoms with Gasteiger partial charge in [-0.2, -0.15) is 0 Å². The summed E-state index contributed by atoms with van der Waals surface area (Å²) >= 11 is 0. The summed E-state index contributed by atoms with van der Waals surface area (Å²) in [6, 6.07) is -0.769. The maximum absolute atomic E-state index is 14.6. The number of hydrogen-bond donors (Lipinski definition) is 3. The van der Waals surface area contributed by atoms with E-state index >= 15 is 0 Å². The molecular formula is C43H76N2O14. The van der Waals surface area contributed by atoms with Crippen LogP contribution in [-0.4, -0.2) is 158 Å². The van der Waals surface area contributed by atoms with Crippen molar-refractivity contribution in [1.82, 2.24) is 10.2 Å². The summed E-state index contributed by atoms with van der Waals surface area (Å²) in [5, 5.41) is 27.2. The van der Waals surface area contributed by atoms with Crippen LogP contribution in [-0.2, 0) is 57.0 Å². The first-order valence-corrected chi connectivity index (χ1v) is 21.6. The van der Waals surface area contributed by atoms with Crippen LogP contribution in [0, 0.1) is 23.7 Å². The fourth-order valence-corrected chi connectivity index (χ4v) is 9.73. The van der Waals surface area contributed by atoms with Crippen LogP contribution in [0.4, 0.5) is 0 Å². The smallest absolute Gasteiger partial charge is 0.311 e. The van der Waals surface area contributed by atoms with Gasteiger partial charge in [-0.1, -0.05) is 27.7 Å². The number of fused-ring (bicyclic) bond motifs is 15. The van der Waals surface area contributed by atoms with Gasteiger partial charge in [-0.25, -0.2) is 0 Å². The van der Waals surface area contributed by atoms with Crippen LogP contribution in [0.15, 0.2) is 0 Å². The standard InChI is InChI=1S/C43H76N2O14/c1-16-31-43(12,50)36-27(7)38(48)44-23(3)18-42(11,53-21-22(2)20-52-36)35(59-40-33(47)30(45(13)14)17-24(4)54-40)25(5)34(26(6)39(49)57-31)58-32-19-41(10,51-15)37(28(8)55-32)56-29(9)46/h22-28,30-37,40,47,50H,16-21H2,1-15H3,(H,44,48)/t22?,23-,24-,25+,26-,27-,28+,30+,31-,32+,33-,34+,35-,36+,37-,40+,41-,42-,43-/m1/s1. The van der Waals surface area contributed by atoms with E-state index in [1.807, 2.05) is 60.5 Å². The number of aliphatic hydroxyl groups is 2. The van der Waals surface area contributed by atoms with Crippen molar-refractivity contribution in [2.75, 3.05) is 34.4 Å². The molecule has 5 heterocycles. The Labute approximate surface area is 351 Å². The maximum Gasteiger partial charge on any atom is 0.311 e. The molecule has 0 aromatic rings. The van der Waals surface area contributed by atoms with Crippen molar-refractivity contribution in [3.63, 3.8) is 0 Å². The third-order valence-corrected chi connectivity index (χ3v) is 13.1. The van der Waals surface area contributed by atoms with Crippen LogP contribution in [0.2, 0.25) is 0 Å². The number of methoxy groups -OCH3 is 1. The Morgan fingerprint density at radius 1 is 0.949 bits per heavy atom. The van der Waals surface area contributed by atoms with Gasteiger partial charge in [-0.3, -0.25) is 14.4 Å². The minimum atomic E-state index is -1.79. The van der Waals surface area contributed by atoms with Gasteiger partial charge in [-0.05, 0) is 81.8 Å². The lowest BCUT2D eigenvalue weighted by atomic mass is 9.78. The molecule has 5 rings (SSSR count). The third kappa shape index (κ3) is 11.3. The summed E-state index contributed by atoms with van der Waals surface area (Å²) in [6.07, 6.45) is -7.72. The highest BCUT2D eigenvalue weighted by Crippen LogP contribution is 2.42. The number of esters is 2. The lowest BCUT2D eigenvalue weighted by Crippen LogP contribution is -2.62. The van der Waals surface area contributed by atoms with Gasteiger partial charge in [0.1, 0.15) is 29.5 Å². The highest BCUT2D eigenvalue weighted by atomic mass is 16.7. The zero-order valence-corrected chi connectivity index (χ0v) is 38.2. The molecule has 5 fully saturated rings. The average molecular weight is 845 g/mol. The first-order chi connectivity index (χ1) is 27.4. The molecule has 0 spiro atoms. The van der Waals surface area contributed by atoms with E-state index in [1.54, 1.807) is 34.6 Å². The summed E-state index contributed by atoms with van der Waals surface area (Å²) in [5.74, 6) is -4.26. The van der Waals surface area contributed by atoms with Crippen LogP contribution < -0.4 is 5.32 Å². The summed E-state index contributed by atoms with van der Waals surface area (Å²) in [7, 11) is 5.33.